The number of aliphatic hydroxyl groups is 2. The summed E-state index contributed by atoms with van der Waals surface area (Å²) in [6.07, 6.45) is 15.0. The van der Waals surface area contributed by atoms with Gasteiger partial charge in [-0.1, -0.05) is 98.1 Å². The maximum Gasteiger partial charge on any atom is 0.331 e. The quantitative estimate of drug-likeness (QED) is 0.142. The molecule has 306 valence electrons. The van der Waals surface area contributed by atoms with E-state index in [1.807, 2.05) is 32.1 Å². The van der Waals surface area contributed by atoms with Crippen molar-refractivity contribution in [2.24, 2.45) is 52.3 Å². The lowest BCUT2D eigenvalue weighted by Gasteiger charge is -2.48. The Bertz CT molecular complexity index is 2060. The molecule has 1 spiro atoms. The van der Waals surface area contributed by atoms with Crippen LogP contribution in [0.15, 0.2) is 59.4 Å². The Morgan fingerprint density at radius 2 is 1.79 bits per heavy atom. The van der Waals surface area contributed by atoms with Gasteiger partial charge in [0.1, 0.15) is 16.6 Å². The van der Waals surface area contributed by atoms with E-state index in [9.17, 15) is 29.7 Å². The zero-order valence-corrected chi connectivity index (χ0v) is 34.5. The first-order chi connectivity index (χ1) is 27.0. The van der Waals surface area contributed by atoms with Crippen LogP contribution in [0, 0.1) is 52.3 Å². The van der Waals surface area contributed by atoms with Gasteiger partial charge in [-0.15, -0.1) is 0 Å². The topological polar surface area (TPSA) is 175 Å². The van der Waals surface area contributed by atoms with E-state index in [2.05, 4.69) is 35.5 Å². The Kier molecular flexibility index (Phi) is 10.3. The first-order valence-corrected chi connectivity index (χ1v) is 21.2. The molecule has 0 radical (unpaired) electrons. The Morgan fingerprint density at radius 3 is 2.46 bits per heavy atom. The Morgan fingerprint density at radius 1 is 1.05 bits per heavy atom. The molecule has 14 heteroatoms. The fourth-order valence-electron chi connectivity index (χ4n) is 11.8. The molecule has 6 aliphatic carbocycles. The smallest absolute Gasteiger partial charge is 0.331 e. The number of hydrogen-bond acceptors (Lipinski definition) is 8. The van der Waals surface area contributed by atoms with Gasteiger partial charge in [0.05, 0.1) is 39.5 Å². The molecule has 2 bridgehead atoms. The highest BCUT2D eigenvalue weighted by molar-refractivity contribution is 6.49. The standard InChI is InChI=1S/C43H49Cl3N2O9/c1-5-22-23(40(54)55)17-41(4)14-9-7-6-8-10-21-13-15-42-18-43(42,19(2)11-12-24(42)27(21)35(50)29-36(51)28(22)30(41)37(29)52)57-26-16-25(49)33(20(3)56-26)48-39(53)34-31(44)32(45)38(46)47-34/h6,8-9,13-15,17,19-22,24-28,30,33,47,49,52H,5,7,10-12,16,18H2,1-4H3,(H,48,53)(H,54,55)/b8-6+,14-9+/t19-,20?,21+,22+,24-,25?,26?,27?,28?,30?,33?,41-,42+,43-/m0/s1. The number of allylic oxidation sites excluding steroid dienone is 8. The van der Waals surface area contributed by atoms with Crippen molar-refractivity contribution in [3.8, 4) is 0 Å². The van der Waals surface area contributed by atoms with Gasteiger partial charge in [-0.3, -0.25) is 14.4 Å². The minimum Gasteiger partial charge on any atom is -0.511 e. The number of carbonyl (C=O) groups excluding carboxylic acids is 3. The van der Waals surface area contributed by atoms with Crippen LogP contribution in [-0.4, -0.2) is 73.9 Å². The number of carboxylic acid groups (broad SMARTS) is 1. The number of carbonyl (C=O) groups is 4. The third kappa shape index (κ3) is 6.16. The van der Waals surface area contributed by atoms with E-state index in [1.54, 1.807) is 13.0 Å². The lowest BCUT2D eigenvalue weighted by Crippen LogP contribution is -2.58. The molecule has 7 aliphatic rings. The number of rotatable bonds is 6. The van der Waals surface area contributed by atoms with Crippen molar-refractivity contribution in [2.75, 3.05) is 0 Å². The average Bonchev–Trinajstić information content (AvgIpc) is 3.64. The normalized spacial score (nSPS) is 43.4. The molecule has 0 aromatic carbocycles. The molecule has 1 amide bonds. The molecular formula is C43H49Cl3N2O9. The number of hydrogen-bond donors (Lipinski definition) is 5. The zero-order chi connectivity index (χ0) is 40.9. The molecule has 2 heterocycles. The number of nitrogens with one attached hydrogen (secondary N) is 2. The number of carboxylic acids is 1. The summed E-state index contributed by atoms with van der Waals surface area (Å²) in [4.78, 5) is 58.2. The van der Waals surface area contributed by atoms with E-state index < -0.39 is 82.3 Å². The van der Waals surface area contributed by atoms with Gasteiger partial charge < -0.3 is 35.1 Å². The molecule has 14 atom stereocenters. The van der Waals surface area contributed by atoms with Crippen LogP contribution in [0.4, 0.5) is 0 Å². The highest BCUT2D eigenvalue weighted by Gasteiger charge is 2.77. The second kappa shape index (κ2) is 14.5. The number of aliphatic carboxylic acids is 1. The van der Waals surface area contributed by atoms with Crippen molar-refractivity contribution < 1.29 is 44.0 Å². The minimum absolute atomic E-state index is 0.0227. The molecule has 2 saturated carbocycles. The van der Waals surface area contributed by atoms with Gasteiger partial charge in [0.25, 0.3) is 5.91 Å². The van der Waals surface area contributed by atoms with Gasteiger partial charge >= 0.3 is 5.97 Å². The number of aliphatic hydroxyl groups excluding tert-OH is 2. The molecule has 8 rings (SSSR count). The number of halogens is 3. The van der Waals surface area contributed by atoms with Crippen LogP contribution in [0.1, 0.15) is 83.1 Å². The van der Waals surface area contributed by atoms with Crippen LogP contribution in [0.3, 0.4) is 0 Å². The number of Topliss-reactive ketones (excluding diaryl/α,β-unsaturated/α-hetero) is 2. The summed E-state index contributed by atoms with van der Waals surface area (Å²) in [5, 5.41) is 36.5. The fourth-order valence-corrected chi connectivity index (χ4v) is 12.4. The van der Waals surface area contributed by atoms with Crippen molar-refractivity contribution in [3.05, 3.63) is 80.3 Å². The summed E-state index contributed by atoms with van der Waals surface area (Å²) < 4.78 is 13.3. The van der Waals surface area contributed by atoms with E-state index >= 15 is 4.79 Å². The molecule has 1 aromatic heterocycles. The van der Waals surface area contributed by atoms with Crippen molar-refractivity contribution in [3.63, 3.8) is 0 Å². The molecule has 11 nitrogen and oxygen atoms in total. The lowest BCUT2D eigenvalue weighted by molar-refractivity contribution is -0.262. The number of amides is 1. The second-order valence-electron chi connectivity index (χ2n) is 17.5. The van der Waals surface area contributed by atoms with Crippen LogP contribution in [0.2, 0.25) is 15.2 Å². The summed E-state index contributed by atoms with van der Waals surface area (Å²) in [5.74, 6) is -6.10. The molecular weight excluding hydrogens is 795 g/mol. The first kappa shape index (κ1) is 40.6. The van der Waals surface area contributed by atoms with Crippen LogP contribution in [0.5, 0.6) is 0 Å². The summed E-state index contributed by atoms with van der Waals surface area (Å²) in [7, 11) is 0. The first-order valence-electron chi connectivity index (χ1n) is 20.0. The van der Waals surface area contributed by atoms with E-state index in [1.165, 1.54) is 0 Å². The van der Waals surface area contributed by atoms with Gasteiger partial charge in [-0.25, -0.2) is 4.79 Å². The van der Waals surface area contributed by atoms with E-state index in [4.69, 9.17) is 44.3 Å². The molecule has 5 N–H and O–H groups in total. The number of aromatic nitrogens is 1. The predicted octanol–water partition coefficient (Wildman–Crippen LogP) is 7.72. The molecule has 7 unspecified atom stereocenters. The van der Waals surface area contributed by atoms with Gasteiger partial charge in [0.15, 0.2) is 17.9 Å². The Balaban J connectivity index is 1.08. The van der Waals surface area contributed by atoms with Crippen molar-refractivity contribution in [2.45, 2.75) is 103 Å². The van der Waals surface area contributed by atoms with Crippen LogP contribution in [-0.2, 0) is 23.9 Å². The van der Waals surface area contributed by atoms with Gasteiger partial charge in [0.2, 0.25) is 0 Å². The molecule has 3 fully saturated rings. The number of H-pyrrole nitrogens is 1. The van der Waals surface area contributed by atoms with E-state index in [0.717, 1.165) is 6.42 Å². The summed E-state index contributed by atoms with van der Waals surface area (Å²) in [5.41, 5.74) is -2.35. The van der Waals surface area contributed by atoms with Crippen molar-refractivity contribution >= 4 is 58.2 Å². The van der Waals surface area contributed by atoms with Crippen molar-refractivity contribution in [1.82, 2.24) is 10.3 Å². The van der Waals surface area contributed by atoms with Crippen LogP contribution < -0.4 is 5.32 Å². The third-order valence-corrected chi connectivity index (χ3v) is 15.8. The Labute approximate surface area is 346 Å². The highest BCUT2D eigenvalue weighted by atomic mass is 35.5. The van der Waals surface area contributed by atoms with Gasteiger partial charge in [-0.2, -0.15) is 0 Å². The molecule has 1 aliphatic heterocycles. The Hall–Kier alpha value is -3.19. The average molecular weight is 844 g/mol. The largest absolute Gasteiger partial charge is 0.511 e. The van der Waals surface area contributed by atoms with Gasteiger partial charge in [-0.05, 0) is 63.2 Å². The van der Waals surface area contributed by atoms with E-state index in [-0.39, 0.29) is 67.8 Å². The minimum atomic E-state index is -1.10. The SMILES string of the molecule is CC[C@@H]1C(C(=O)O)=C[C@]2(C)/C=C/C/C=C/C[C@@H]3C=C[C@]45C[C@]4(OC4CC(O)C(NC(=O)c6[nH]c(Cl)c(Cl)c6Cl)C(C)O4)[C@@H](C)CC[C@H]5C3C(=O)C3=C(O)C2C1C3=O. The number of aromatic amines is 1. The van der Waals surface area contributed by atoms with Crippen LogP contribution in [0.25, 0.3) is 0 Å². The van der Waals surface area contributed by atoms with E-state index in [0.29, 0.717) is 32.1 Å². The third-order valence-electron chi connectivity index (χ3n) is 14.5. The number of fused-ring (bicyclic) bond motifs is 2. The second-order valence-corrected chi connectivity index (χ2v) is 18.6. The molecule has 57 heavy (non-hydrogen) atoms. The maximum absolute atomic E-state index is 15.2. The summed E-state index contributed by atoms with van der Waals surface area (Å²) in [6, 6.07) is -0.794. The fraction of sp³-hybridized carbons (Fsp3) is 0.581. The lowest BCUT2D eigenvalue weighted by atomic mass is 9.58. The monoisotopic (exact) mass is 842 g/mol. The maximum atomic E-state index is 15.2. The summed E-state index contributed by atoms with van der Waals surface area (Å²) >= 11 is 18.3. The predicted molar refractivity (Wildman–Crippen MR) is 213 cm³/mol. The zero-order valence-electron chi connectivity index (χ0n) is 32.3. The van der Waals surface area contributed by atoms with Crippen molar-refractivity contribution in [1.29, 1.82) is 0 Å². The number of ether oxygens (including phenoxy) is 2. The molecule has 1 aromatic rings. The number of ketones is 2. The van der Waals surface area contributed by atoms with Crippen LogP contribution >= 0.6 is 34.8 Å². The highest BCUT2D eigenvalue weighted by Crippen LogP contribution is 2.75. The molecule has 1 saturated heterocycles. The summed E-state index contributed by atoms with van der Waals surface area (Å²) in [6.45, 7) is 7.55. The van der Waals surface area contributed by atoms with Gasteiger partial charge in [0, 0.05) is 46.5 Å².